The van der Waals surface area contributed by atoms with E-state index in [9.17, 15) is 14.9 Å². The number of nitro benzene ring substituents is 1. The van der Waals surface area contributed by atoms with Gasteiger partial charge in [-0.1, -0.05) is 12.1 Å². The largest absolute Gasteiger partial charge is 0.465 e. The summed E-state index contributed by atoms with van der Waals surface area (Å²) in [7, 11) is 1.19. The van der Waals surface area contributed by atoms with Crippen LogP contribution in [0, 0.1) is 17.0 Å². The maximum atomic E-state index is 11.8. The molecule has 134 valence electrons. The third-order valence-electron chi connectivity index (χ3n) is 4.11. The number of carbonyl (C=O) groups excluding carboxylic acids is 1. The van der Waals surface area contributed by atoms with Gasteiger partial charge in [-0.2, -0.15) is 0 Å². The molecule has 8 nitrogen and oxygen atoms in total. The molecule has 3 rings (SSSR count). The number of fused-ring (bicyclic) bond motifs is 1. The average molecular weight is 354 g/mol. The van der Waals surface area contributed by atoms with E-state index in [1.807, 2.05) is 31.2 Å². The zero-order valence-electron chi connectivity index (χ0n) is 14.4. The summed E-state index contributed by atoms with van der Waals surface area (Å²) in [6, 6.07) is 12.2. The number of methoxy groups -OCH3 is 1. The van der Waals surface area contributed by atoms with Gasteiger partial charge in [0.25, 0.3) is 5.69 Å². The van der Waals surface area contributed by atoms with Crippen molar-refractivity contribution >= 4 is 28.4 Å². The minimum atomic E-state index is -0.739. The quantitative estimate of drug-likeness (QED) is 0.415. The van der Waals surface area contributed by atoms with Crippen LogP contribution in [-0.4, -0.2) is 34.1 Å². The van der Waals surface area contributed by atoms with Crippen LogP contribution in [0.3, 0.4) is 0 Å². The molecule has 0 atom stereocenters. The number of nitrogens with one attached hydrogen (secondary N) is 1. The Bertz CT molecular complexity index is 980. The highest BCUT2D eigenvalue weighted by Gasteiger charge is 2.21. The Hall–Kier alpha value is -3.42. The molecule has 1 heterocycles. The lowest BCUT2D eigenvalue weighted by molar-refractivity contribution is -0.385. The summed E-state index contributed by atoms with van der Waals surface area (Å²) < 4.78 is 6.72. The van der Waals surface area contributed by atoms with E-state index in [0.717, 1.165) is 16.9 Å². The van der Waals surface area contributed by atoms with Gasteiger partial charge < -0.3 is 14.6 Å². The van der Waals surface area contributed by atoms with E-state index in [1.165, 1.54) is 19.2 Å². The molecular formula is C18H18N4O4. The Kier molecular flexibility index (Phi) is 4.83. The van der Waals surface area contributed by atoms with Crippen LogP contribution in [0.4, 0.5) is 11.4 Å². The summed E-state index contributed by atoms with van der Waals surface area (Å²) in [5, 5.41) is 14.2. The number of aromatic nitrogens is 2. The van der Waals surface area contributed by atoms with Crippen molar-refractivity contribution in [1.29, 1.82) is 0 Å². The minimum absolute atomic E-state index is 0.0771. The number of carbonyl (C=O) groups is 1. The zero-order valence-corrected chi connectivity index (χ0v) is 14.4. The van der Waals surface area contributed by atoms with Crippen LogP contribution in [0.5, 0.6) is 0 Å². The van der Waals surface area contributed by atoms with Crippen molar-refractivity contribution in [3.8, 4) is 0 Å². The molecule has 26 heavy (non-hydrogen) atoms. The fourth-order valence-corrected chi connectivity index (χ4v) is 2.87. The first-order chi connectivity index (χ1) is 12.5. The van der Waals surface area contributed by atoms with E-state index < -0.39 is 10.9 Å². The SMILES string of the molecule is COC(=O)c1cc(NCCn2c(C)nc3ccccc32)ccc1[N+](=O)[O-]. The van der Waals surface area contributed by atoms with E-state index in [-0.39, 0.29) is 11.3 Å². The second kappa shape index (κ2) is 7.22. The van der Waals surface area contributed by atoms with Crippen LogP contribution >= 0.6 is 0 Å². The van der Waals surface area contributed by atoms with Crippen molar-refractivity contribution in [2.24, 2.45) is 0 Å². The van der Waals surface area contributed by atoms with E-state index in [1.54, 1.807) is 6.07 Å². The molecule has 0 aliphatic carbocycles. The number of benzene rings is 2. The fourth-order valence-electron chi connectivity index (χ4n) is 2.87. The predicted octanol–water partition coefficient (Wildman–Crippen LogP) is 3.15. The van der Waals surface area contributed by atoms with Gasteiger partial charge in [-0.3, -0.25) is 10.1 Å². The molecule has 0 bridgehead atoms. The Morgan fingerprint density at radius 2 is 2.08 bits per heavy atom. The van der Waals surface area contributed by atoms with Gasteiger partial charge in [-0.25, -0.2) is 9.78 Å². The number of nitrogens with zero attached hydrogens (tertiary/aromatic N) is 3. The smallest absolute Gasteiger partial charge is 0.344 e. The van der Waals surface area contributed by atoms with Gasteiger partial charge in [0.1, 0.15) is 11.4 Å². The van der Waals surface area contributed by atoms with E-state index in [4.69, 9.17) is 0 Å². The highest BCUT2D eigenvalue weighted by molar-refractivity contribution is 5.95. The van der Waals surface area contributed by atoms with Gasteiger partial charge in [0.15, 0.2) is 0 Å². The number of aryl methyl sites for hydroxylation is 1. The topological polar surface area (TPSA) is 99.3 Å². The van der Waals surface area contributed by atoms with Crippen LogP contribution in [0.2, 0.25) is 0 Å². The average Bonchev–Trinajstić information content (AvgIpc) is 2.96. The molecule has 0 aliphatic heterocycles. The van der Waals surface area contributed by atoms with Gasteiger partial charge in [-0.15, -0.1) is 0 Å². The molecule has 0 aliphatic rings. The number of hydrogen-bond donors (Lipinski definition) is 1. The maximum absolute atomic E-state index is 11.8. The molecule has 2 aromatic carbocycles. The molecule has 0 saturated carbocycles. The number of anilines is 1. The van der Waals surface area contributed by atoms with Gasteiger partial charge in [0, 0.05) is 24.8 Å². The third kappa shape index (κ3) is 3.34. The molecule has 8 heteroatoms. The van der Waals surface area contributed by atoms with Crippen LogP contribution < -0.4 is 5.32 Å². The van der Waals surface area contributed by atoms with Crippen molar-refractivity contribution < 1.29 is 14.5 Å². The Labute approximate surface area is 149 Å². The normalized spacial score (nSPS) is 10.7. The first-order valence-electron chi connectivity index (χ1n) is 8.03. The standard InChI is InChI=1S/C18H18N4O4/c1-12-20-15-5-3-4-6-17(15)21(12)10-9-19-13-7-8-16(22(24)25)14(11-13)18(23)26-2/h3-8,11,19H,9-10H2,1-2H3. The van der Waals surface area contributed by atoms with E-state index in [0.29, 0.717) is 18.8 Å². The maximum Gasteiger partial charge on any atom is 0.344 e. The van der Waals surface area contributed by atoms with Crippen LogP contribution in [0.25, 0.3) is 11.0 Å². The first-order valence-corrected chi connectivity index (χ1v) is 8.03. The molecule has 3 aromatic rings. The monoisotopic (exact) mass is 354 g/mol. The van der Waals surface area contributed by atoms with Crippen LogP contribution in [-0.2, 0) is 11.3 Å². The number of rotatable bonds is 6. The Morgan fingerprint density at radius 3 is 2.81 bits per heavy atom. The summed E-state index contributed by atoms with van der Waals surface area (Å²) in [6.45, 7) is 3.18. The summed E-state index contributed by atoms with van der Waals surface area (Å²) in [5.74, 6) is 0.170. The molecule has 1 aromatic heterocycles. The molecule has 1 N–H and O–H groups in total. The van der Waals surface area contributed by atoms with Crippen molar-refractivity contribution in [2.45, 2.75) is 13.5 Å². The first kappa shape index (κ1) is 17.4. The highest BCUT2D eigenvalue weighted by Crippen LogP contribution is 2.23. The van der Waals surface area contributed by atoms with Crippen molar-refractivity contribution in [3.63, 3.8) is 0 Å². The summed E-state index contributed by atoms with van der Waals surface area (Å²) >= 11 is 0. The summed E-state index contributed by atoms with van der Waals surface area (Å²) in [5.41, 5.74) is 2.24. The van der Waals surface area contributed by atoms with Crippen molar-refractivity contribution in [3.05, 3.63) is 64.0 Å². The molecule has 0 saturated heterocycles. The van der Waals surface area contributed by atoms with Gasteiger partial charge in [0.2, 0.25) is 0 Å². The predicted molar refractivity (Wildman–Crippen MR) is 97.4 cm³/mol. The Balaban J connectivity index is 1.76. The molecule has 0 unspecified atom stereocenters. The fraction of sp³-hybridized carbons (Fsp3) is 0.222. The van der Waals surface area contributed by atoms with Gasteiger partial charge >= 0.3 is 5.97 Å². The summed E-state index contributed by atoms with van der Waals surface area (Å²) in [4.78, 5) is 26.7. The van der Waals surface area contributed by atoms with Crippen molar-refractivity contribution in [1.82, 2.24) is 9.55 Å². The third-order valence-corrected chi connectivity index (χ3v) is 4.11. The molecular weight excluding hydrogens is 336 g/mol. The highest BCUT2D eigenvalue weighted by atomic mass is 16.6. The number of esters is 1. The molecule has 0 radical (unpaired) electrons. The van der Waals surface area contributed by atoms with E-state index in [2.05, 4.69) is 19.6 Å². The lowest BCUT2D eigenvalue weighted by atomic mass is 10.1. The second-order valence-corrected chi connectivity index (χ2v) is 5.71. The lowest BCUT2D eigenvalue weighted by Gasteiger charge is -2.10. The number of ether oxygens (including phenoxy) is 1. The molecule has 0 amide bonds. The van der Waals surface area contributed by atoms with Gasteiger partial charge in [0.05, 0.1) is 23.1 Å². The van der Waals surface area contributed by atoms with Crippen LogP contribution in [0.15, 0.2) is 42.5 Å². The number of imidazole rings is 1. The van der Waals surface area contributed by atoms with E-state index >= 15 is 0 Å². The lowest BCUT2D eigenvalue weighted by Crippen LogP contribution is -2.12. The molecule has 0 spiro atoms. The number of nitro groups is 1. The number of hydrogen-bond acceptors (Lipinski definition) is 6. The minimum Gasteiger partial charge on any atom is -0.465 e. The number of para-hydroxylation sites is 2. The molecule has 0 fully saturated rings. The summed E-state index contributed by atoms with van der Waals surface area (Å²) in [6.07, 6.45) is 0. The second-order valence-electron chi connectivity index (χ2n) is 5.71. The Morgan fingerprint density at radius 1 is 1.31 bits per heavy atom. The van der Waals surface area contributed by atoms with Crippen LogP contribution in [0.1, 0.15) is 16.2 Å². The van der Waals surface area contributed by atoms with Crippen molar-refractivity contribution in [2.75, 3.05) is 19.0 Å². The zero-order chi connectivity index (χ0) is 18.7. The van der Waals surface area contributed by atoms with Gasteiger partial charge in [-0.05, 0) is 31.2 Å².